The van der Waals surface area contributed by atoms with Gasteiger partial charge in [0, 0.05) is 16.0 Å². The highest BCUT2D eigenvalue weighted by molar-refractivity contribution is 8.10. The Morgan fingerprint density at radius 2 is 2.07 bits per heavy atom. The number of nitrogen functional groups attached to an aromatic ring is 1. The van der Waals surface area contributed by atoms with Crippen LogP contribution in [-0.4, -0.2) is 10.9 Å². The van der Waals surface area contributed by atoms with Crippen LogP contribution in [0.4, 0.5) is 24.5 Å². The molecular formula is C20H16F3N3OS2. The number of halogens is 3. The van der Waals surface area contributed by atoms with Gasteiger partial charge >= 0.3 is 6.18 Å². The summed E-state index contributed by atoms with van der Waals surface area (Å²) in [6, 6.07) is 8.01. The van der Waals surface area contributed by atoms with E-state index in [0.717, 1.165) is 34.1 Å². The first-order valence-corrected chi connectivity index (χ1v) is 10.1. The zero-order valence-corrected chi connectivity index (χ0v) is 16.8. The first-order chi connectivity index (χ1) is 13.7. The van der Waals surface area contributed by atoms with Crippen LogP contribution in [0.25, 0.3) is 15.1 Å². The molecule has 0 aliphatic rings. The molecule has 0 unspecified atom stereocenters. The highest BCUT2D eigenvalue weighted by Gasteiger charge is 2.30. The van der Waals surface area contributed by atoms with E-state index in [1.54, 1.807) is 17.5 Å². The summed E-state index contributed by atoms with van der Waals surface area (Å²) in [6.45, 7) is 5.58. The number of thiophene rings is 1. The van der Waals surface area contributed by atoms with Gasteiger partial charge in [-0.05, 0) is 42.7 Å². The van der Waals surface area contributed by atoms with E-state index in [1.807, 2.05) is 13.0 Å². The number of hydrogen-bond acceptors (Lipinski definition) is 5. The van der Waals surface area contributed by atoms with Crippen molar-refractivity contribution in [1.29, 1.82) is 0 Å². The number of pyridine rings is 1. The molecule has 0 aliphatic heterocycles. The number of nitrogens with two attached hydrogens (primary N) is 1. The Balaban J connectivity index is 1.92. The maximum absolute atomic E-state index is 12.9. The minimum absolute atomic E-state index is 0.0360. The molecule has 3 aromatic rings. The maximum atomic E-state index is 12.9. The van der Waals surface area contributed by atoms with E-state index in [-0.39, 0.29) is 16.3 Å². The van der Waals surface area contributed by atoms with Crippen molar-refractivity contribution in [2.45, 2.75) is 13.1 Å². The molecule has 150 valence electrons. The Labute approximate surface area is 173 Å². The number of hydrogen-bond donors (Lipinski definition) is 2. The van der Waals surface area contributed by atoms with E-state index < -0.39 is 17.6 Å². The second-order valence-electron chi connectivity index (χ2n) is 5.86. The second-order valence-corrected chi connectivity index (χ2v) is 7.87. The zero-order chi connectivity index (χ0) is 21.2. The number of nitrogens with one attached hydrogen (secondary N) is 1. The van der Waals surface area contributed by atoms with Crippen molar-refractivity contribution in [2.75, 3.05) is 11.1 Å². The van der Waals surface area contributed by atoms with Gasteiger partial charge in [-0.15, -0.1) is 11.3 Å². The topological polar surface area (TPSA) is 68.0 Å². The number of carbonyl (C=O) groups is 1. The fraction of sp³-hybridized carbons (Fsp3) is 0.100. The molecule has 29 heavy (non-hydrogen) atoms. The minimum Gasteiger partial charge on any atom is -0.397 e. The molecular weight excluding hydrogens is 419 g/mol. The molecule has 0 fully saturated rings. The van der Waals surface area contributed by atoms with Gasteiger partial charge in [0.2, 0.25) is 0 Å². The maximum Gasteiger partial charge on any atom is 0.416 e. The van der Waals surface area contributed by atoms with Gasteiger partial charge in [0.15, 0.2) is 0 Å². The van der Waals surface area contributed by atoms with E-state index in [4.69, 9.17) is 5.73 Å². The molecule has 0 radical (unpaired) electrons. The fourth-order valence-electron chi connectivity index (χ4n) is 2.63. The van der Waals surface area contributed by atoms with Crippen LogP contribution in [0.2, 0.25) is 0 Å². The molecule has 0 bridgehead atoms. The molecule has 0 saturated carbocycles. The predicted molar refractivity (Wildman–Crippen MR) is 115 cm³/mol. The molecule has 2 aromatic heterocycles. The Kier molecular flexibility index (Phi) is 5.99. The van der Waals surface area contributed by atoms with Gasteiger partial charge in [-0.2, -0.15) is 13.2 Å². The summed E-state index contributed by atoms with van der Waals surface area (Å²) in [5, 5.41) is 4.79. The summed E-state index contributed by atoms with van der Waals surface area (Å²) in [5.41, 5.74) is 6.26. The van der Waals surface area contributed by atoms with Crippen molar-refractivity contribution in [1.82, 2.24) is 4.98 Å². The van der Waals surface area contributed by atoms with Gasteiger partial charge in [-0.1, -0.05) is 30.5 Å². The minimum atomic E-state index is -4.49. The number of nitrogens with zero attached hydrogens (tertiary/aromatic N) is 1. The molecule has 3 rings (SSSR count). The third-order valence-electron chi connectivity index (χ3n) is 3.97. The Bertz CT molecular complexity index is 1120. The molecule has 1 amide bonds. The molecule has 4 nitrogen and oxygen atoms in total. The monoisotopic (exact) mass is 435 g/mol. The number of allylic oxidation sites excluding steroid dienone is 1. The molecule has 3 N–H and O–H groups in total. The summed E-state index contributed by atoms with van der Waals surface area (Å²) in [4.78, 5) is 18.8. The summed E-state index contributed by atoms with van der Waals surface area (Å²) >= 11 is 2.51. The highest BCUT2D eigenvalue weighted by atomic mass is 32.2. The number of benzene rings is 1. The number of fused-ring (bicyclic) bond motifs is 1. The Morgan fingerprint density at radius 3 is 2.72 bits per heavy atom. The lowest BCUT2D eigenvalue weighted by atomic mass is 10.2. The van der Waals surface area contributed by atoms with Crippen molar-refractivity contribution < 1.29 is 18.0 Å². The predicted octanol–water partition coefficient (Wildman–Crippen LogP) is 6.39. The average Bonchev–Trinajstić information content (AvgIpc) is 3.02. The SMILES string of the molecule is C=CS/C(=C\C)c1ccc2c(N)c(C(=O)Nc3cccc(C(F)(F)F)c3)sc2n1. The number of carbonyl (C=O) groups excluding carboxylic acids is 1. The average molecular weight is 435 g/mol. The van der Waals surface area contributed by atoms with Crippen LogP contribution in [0.3, 0.4) is 0 Å². The summed E-state index contributed by atoms with van der Waals surface area (Å²) in [7, 11) is 0. The van der Waals surface area contributed by atoms with Crippen molar-refractivity contribution in [3.63, 3.8) is 0 Å². The van der Waals surface area contributed by atoms with Crippen LogP contribution < -0.4 is 11.1 Å². The number of anilines is 2. The van der Waals surface area contributed by atoms with Crippen LogP contribution in [0.5, 0.6) is 0 Å². The third-order valence-corrected chi connectivity index (χ3v) is 5.95. The Morgan fingerprint density at radius 1 is 1.31 bits per heavy atom. The van der Waals surface area contributed by atoms with Crippen molar-refractivity contribution in [3.8, 4) is 0 Å². The van der Waals surface area contributed by atoms with Crippen LogP contribution in [-0.2, 0) is 6.18 Å². The Hall–Kier alpha value is -2.78. The van der Waals surface area contributed by atoms with Crippen LogP contribution in [0, 0.1) is 0 Å². The molecule has 0 aliphatic carbocycles. The van der Waals surface area contributed by atoms with Gasteiger partial charge in [-0.25, -0.2) is 4.98 Å². The molecule has 0 spiro atoms. The molecule has 1 aromatic carbocycles. The van der Waals surface area contributed by atoms with Crippen LogP contribution in [0.15, 0.2) is 54.5 Å². The third kappa shape index (κ3) is 4.46. The second kappa shape index (κ2) is 8.30. The summed E-state index contributed by atoms with van der Waals surface area (Å²) < 4.78 is 38.6. The number of thioether (sulfide) groups is 1. The van der Waals surface area contributed by atoms with Crippen molar-refractivity contribution in [2.24, 2.45) is 0 Å². The van der Waals surface area contributed by atoms with E-state index in [0.29, 0.717) is 10.2 Å². The van der Waals surface area contributed by atoms with Gasteiger partial charge in [0.05, 0.1) is 16.9 Å². The lowest BCUT2D eigenvalue weighted by molar-refractivity contribution is -0.137. The molecule has 0 saturated heterocycles. The number of alkyl halides is 3. The first-order valence-electron chi connectivity index (χ1n) is 8.36. The number of rotatable bonds is 5. The first kappa shape index (κ1) is 20.9. The normalized spacial score (nSPS) is 12.2. The van der Waals surface area contributed by atoms with Crippen LogP contribution in [0.1, 0.15) is 27.9 Å². The van der Waals surface area contributed by atoms with Crippen molar-refractivity contribution in [3.05, 3.63) is 70.6 Å². The van der Waals surface area contributed by atoms with E-state index in [9.17, 15) is 18.0 Å². The molecule has 0 atom stereocenters. The standard InChI is InChI=1S/C20H16F3N3OS2/c1-3-15(28-4-2)14-9-8-13-16(24)17(29-19(13)26-14)18(27)25-12-7-5-6-11(10-12)20(21,22)23/h3-10H,2,24H2,1H3,(H,25,27)/b15-3-. The smallest absolute Gasteiger partial charge is 0.397 e. The van der Waals surface area contributed by atoms with Gasteiger partial charge in [0.25, 0.3) is 5.91 Å². The van der Waals surface area contributed by atoms with Gasteiger partial charge < -0.3 is 11.1 Å². The largest absolute Gasteiger partial charge is 0.416 e. The quantitative estimate of drug-likeness (QED) is 0.487. The van der Waals surface area contributed by atoms with Gasteiger partial charge in [0.1, 0.15) is 9.71 Å². The summed E-state index contributed by atoms with van der Waals surface area (Å²) in [5.74, 6) is -0.585. The fourth-order valence-corrected chi connectivity index (χ4v) is 4.17. The van der Waals surface area contributed by atoms with E-state index in [1.165, 1.54) is 23.9 Å². The van der Waals surface area contributed by atoms with Crippen molar-refractivity contribution >= 4 is 55.5 Å². The molecule has 2 heterocycles. The lowest BCUT2D eigenvalue weighted by Crippen LogP contribution is -2.13. The van der Waals surface area contributed by atoms with E-state index in [2.05, 4.69) is 16.9 Å². The van der Waals surface area contributed by atoms with Crippen LogP contribution >= 0.6 is 23.1 Å². The van der Waals surface area contributed by atoms with Gasteiger partial charge in [-0.3, -0.25) is 4.79 Å². The summed E-state index contributed by atoms with van der Waals surface area (Å²) in [6.07, 6.45) is -2.59. The number of aromatic nitrogens is 1. The highest BCUT2D eigenvalue weighted by Crippen LogP contribution is 2.36. The zero-order valence-electron chi connectivity index (χ0n) is 15.2. The number of amides is 1. The molecule has 9 heteroatoms. The van der Waals surface area contributed by atoms with E-state index >= 15 is 0 Å². The lowest BCUT2D eigenvalue weighted by Gasteiger charge is -2.09.